The third-order valence-corrected chi connectivity index (χ3v) is 3.07. The van der Waals surface area contributed by atoms with Gasteiger partial charge in [-0.1, -0.05) is 18.6 Å². The first kappa shape index (κ1) is 12.5. The fourth-order valence-corrected chi connectivity index (χ4v) is 2.02. The molecule has 1 aliphatic rings. The molecule has 0 bridgehead atoms. The zero-order valence-electron chi connectivity index (χ0n) is 10.6. The molecule has 0 spiro atoms. The summed E-state index contributed by atoms with van der Waals surface area (Å²) in [5.41, 5.74) is 1.03. The van der Waals surface area contributed by atoms with Crippen LogP contribution in [-0.4, -0.2) is 34.8 Å². The lowest BCUT2D eigenvalue weighted by atomic mass is 10.1. The number of ether oxygens (including phenoxy) is 1. The average molecular weight is 238 g/mol. The minimum atomic E-state index is 0.609. The quantitative estimate of drug-likeness (QED) is 0.725. The van der Waals surface area contributed by atoms with E-state index in [0.29, 0.717) is 5.92 Å². The Kier molecular flexibility index (Phi) is 4.94. The summed E-state index contributed by atoms with van der Waals surface area (Å²) in [7, 11) is 0. The maximum absolute atomic E-state index is 5.35. The molecule has 17 heavy (non-hydrogen) atoms. The van der Waals surface area contributed by atoms with Gasteiger partial charge in [0.25, 0.3) is 0 Å². The van der Waals surface area contributed by atoms with Crippen LogP contribution in [0, 0.1) is 5.92 Å². The summed E-state index contributed by atoms with van der Waals surface area (Å²) in [6, 6.07) is 0. The van der Waals surface area contributed by atoms with E-state index in [-0.39, 0.29) is 0 Å². The van der Waals surface area contributed by atoms with Crippen molar-refractivity contribution in [3.8, 4) is 0 Å². The largest absolute Gasteiger partial charge is 0.381 e. The Hall–Kier alpha value is -0.940. The van der Waals surface area contributed by atoms with Crippen molar-refractivity contribution in [3.05, 3.63) is 11.9 Å². The molecular formula is C12H22N4O. The Morgan fingerprint density at radius 1 is 1.59 bits per heavy atom. The van der Waals surface area contributed by atoms with E-state index in [9.17, 15) is 0 Å². The fraction of sp³-hybridized carbons (Fsp3) is 0.833. The Morgan fingerprint density at radius 3 is 3.29 bits per heavy atom. The van der Waals surface area contributed by atoms with E-state index >= 15 is 0 Å². The normalized spacial score (nSPS) is 19.9. The third kappa shape index (κ3) is 4.09. The van der Waals surface area contributed by atoms with Gasteiger partial charge in [0, 0.05) is 31.8 Å². The van der Waals surface area contributed by atoms with Crippen LogP contribution >= 0.6 is 0 Å². The van der Waals surface area contributed by atoms with Gasteiger partial charge in [-0.15, -0.1) is 5.10 Å². The van der Waals surface area contributed by atoms with Crippen LogP contribution in [-0.2, 0) is 17.8 Å². The molecule has 0 aromatic carbocycles. The molecule has 96 valence electrons. The molecule has 1 fully saturated rings. The van der Waals surface area contributed by atoms with Crippen LogP contribution in [0.15, 0.2) is 6.20 Å². The Morgan fingerprint density at radius 2 is 2.53 bits per heavy atom. The highest BCUT2D eigenvalue weighted by molar-refractivity contribution is 4.91. The van der Waals surface area contributed by atoms with Crippen molar-refractivity contribution in [2.45, 2.75) is 39.3 Å². The van der Waals surface area contributed by atoms with Gasteiger partial charge in [0.05, 0.1) is 12.3 Å². The minimum Gasteiger partial charge on any atom is -0.381 e. The molecular weight excluding hydrogens is 216 g/mol. The van der Waals surface area contributed by atoms with E-state index in [0.717, 1.165) is 45.0 Å². The van der Waals surface area contributed by atoms with Crippen molar-refractivity contribution in [1.82, 2.24) is 20.3 Å². The molecule has 1 aromatic heterocycles. The van der Waals surface area contributed by atoms with E-state index in [1.165, 1.54) is 12.8 Å². The third-order valence-electron chi connectivity index (χ3n) is 3.07. The summed E-state index contributed by atoms with van der Waals surface area (Å²) in [5.74, 6) is 0.609. The lowest BCUT2D eigenvalue weighted by Gasteiger charge is -2.05. The Balaban J connectivity index is 1.71. The van der Waals surface area contributed by atoms with Crippen LogP contribution in [0.4, 0.5) is 0 Å². The van der Waals surface area contributed by atoms with Crippen molar-refractivity contribution >= 4 is 0 Å². The number of hydrogen-bond donors (Lipinski definition) is 1. The van der Waals surface area contributed by atoms with Crippen LogP contribution in [0.25, 0.3) is 0 Å². The molecule has 0 radical (unpaired) electrons. The van der Waals surface area contributed by atoms with Gasteiger partial charge in [-0.2, -0.15) is 0 Å². The first-order chi connectivity index (χ1) is 8.38. The highest BCUT2D eigenvalue weighted by atomic mass is 16.5. The Labute approximate surface area is 103 Å². The van der Waals surface area contributed by atoms with E-state index in [1.807, 2.05) is 10.9 Å². The molecule has 0 aliphatic carbocycles. The van der Waals surface area contributed by atoms with Gasteiger partial charge in [-0.25, -0.2) is 0 Å². The minimum absolute atomic E-state index is 0.609. The van der Waals surface area contributed by atoms with Crippen LogP contribution in [0.2, 0.25) is 0 Å². The number of nitrogens with zero attached hydrogens (tertiary/aromatic N) is 3. The zero-order chi connectivity index (χ0) is 11.9. The summed E-state index contributed by atoms with van der Waals surface area (Å²) < 4.78 is 7.29. The topological polar surface area (TPSA) is 52.0 Å². The average Bonchev–Trinajstić information content (AvgIpc) is 2.97. The predicted octanol–water partition coefficient (Wildman–Crippen LogP) is 1.20. The zero-order valence-corrected chi connectivity index (χ0v) is 10.6. The fourth-order valence-electron chi connectivity index (χ4n) is 2.02. The van der Waals surface area contributed by atoms with Gasteiger partial charge in [-0.05, 0) is 19.4 Å². The molecule has 1 atom stereocenters. The molecule has 5 nitrogen and oxygen atoms in total. The molecule has 2 heterocycles. The number of rotatable bonds is 7. The van der Waals surface area contributed by atoms with Gasteiger partial charge in [0.1, 0.15) is 0 Å². The molecule has 1 aliphatic heterocycles. The van der Waals surface area contributed by atoms with Crippen molar-refractivity contribution < 1.29 is 4.74 Å². The number of unbranched alkanes of at least 4 members (excludes halogenated alkanes) is 1. The molecule has 1 aromatic rings. The number of aromatic nitrogens is 3. The standard InChI is InChI=1S/C12H22N4O/c1-2-3-5-13-7-12-9-16(15-14-12)8-11-4-6-17-10-11/h9,11,13H,2-8,10H2,1H3/t11-/m1/s1. The highest BCUT2D eigenvalue weighted by Crippen LogP contribution is 2.14. The number of nitrogens with one attached hydrogen (secondary N) is 1. The summed E-state index contributed by atoms with van der Waals surface area (Å²) in [6.45, 7) is 6.76. The van der Waals surface area contributed by atoms with E-state index in [1.54, 1.807) is 0 Å². The first-order valence-electron chi connectivity index (χ1n) is 6.56. The lowest BCUT2D eigenvalue weighted by molar-refractivity contribution is 0.181. The monoisotopic (exact) mass is 238 g/mol. The summed E-state index contributed by atoms with van der Waals surface area (Å²) in [4.78, 5) is 0. The second-order valence-electron chi connectivity index (χ2n) is 4.69. The summed E-state index contributed by atoms with van der Waals surface area (Å²) in [5, 5.41) is 11.7. The first-order valence-corrected chi connectivity index (χ1v) is 6.56. The van der Waals surface area contributed by atoms with Crippen molar-refractivity contribution in [2.24, 2.45) is 5.92 Å². The van der Waals surface area contributed by atoms with Crippen LogP contribution in [0.5, 0.6) is 0 Å². The molecule has 1 N–H and O–H groups in total. The van der Waals surface area contributed by atoms with E-state index < -0.39 is 0 Å². The second kappa shape index (κ2) is 6.71. The molecule has 0 amide bonds. The Bertz CT molecular complexity index is 320. The maximum Gasteiger partial charge on any atom is 0.0964 e. The molecule has 2 rings (SSSR count). The van der Waals surface area contributed by atoms with Crippen molar-refractivity contribution in [1.29, 1.82) is 0 Å². The molecule has 0 saturated carbocycles. The van der Waals surface area contributed by atoms with E-state index in [4.69, 9.17) is 4.74 Å². The second-order valence-corrected chi connectivity index (χ2v) is 4.69. The summed E-state index contributed by atoms with van der Waals surface area (Å²) >= 11 is 0. The van der Waals surface area contributed by atoms with Gasteiger partial charge < -0.3 is 10.1 Å². The van der Waals surface area contributed by atoms with Gasteiger partial charge >= 0.3 is 0 Å². The van der Waals surface area contributed by atoms with E-state index in [2.05, 4.69) is 22.6 Å². The number of hydrogen-bond acceptors (Lipinski definition) is 4. The van der Waals surface area contributed by atoms with Crippen molar-refractivity contribution in [3.63, 3.8) is 0 Å². The molecule has 1 saturated heterocycles. The predicted molar refractivity (Wildman–Crippen MR) is 65.6 cm³/mol. The lowest BCUT2D eigenvalue weighted by Crippen LogP contribution is -2.14. The molecule has 0 unspecified atom stereocenters. The highest BCUT2D eigenvalue weighted by Gasteiger charge is 2.16. The summed E-state index contributed by atoms with van der Waals surface area (Å²) in [6.07, 6.45) is 5.62. The van der Waals surface area contributed by atoms with Gasteiger partial charge in [0.2, 0.25) is 0 Å². The van der Waals surface area contributed by atoms with Crippen LogP contribution < -0.4 is 5.32 Å². The van der Waals surface area contributed by atoms with Gasteiger partial charge in [-0.3, -0.25) is 4.68 Å². The maximum atomic E-state index is 5.35. The smallest absolute Gasteiger partial charge is 0.0964 e. The van der Waals surface area contributed by atoms with Crippen LogP contribution in [0.1, 0.15) is 31.9 Å². The SMILES string of the molecule is CCCCNCc1cn(C[C@H]2CCOC2)nn1. The van der Waals surface area contributed by atoms with Crippen molar-refractivity contribution in [2.75, 3.05) is 19.8 Å². The van der Waals surface area contributed by atoms with Crippen LogP contribution in [0.3, 0.4) is 0 Å². The van der Waals surface area contributed by atoms with Gasteiger partial charge in [0.15, 0.2) is 0 Å². The molecule has 5 heteroatoms.